The number of benzene rings is 1. The first-order valence-corrected chi connectivity index (χ1v) is 8.83. The second-order valence-corrected chi connectivity index (χ2v) is 6.53. The van der Waals surface area contributed by atoms with E-state index in [1.54, 1.807) is 18.2 Å². The second kappa shape index (κ2) is 7.58. The van der Waals surface area contributed by atoms with Crippen LogP contribution >= 0.6 is 23.6 Å². The highest BCUT2D eigenvalue weighted by atomic mass is 32.1. The normalized spacial score (nSPS) is 10.5. The Morgan fingerprint density at radius 2 is 2.15 bits per heavy atom. The zero-order valence-electron chi connectivity index (χ0n) is 14.1. The van der Waals surface area contributed by atoms with Crippen molar-refractivity contribution in [3.8, 4) is 11.5 Å². The van der Waals surface area contributed by atoms with Crippen LogP contribution in [-0.2, 0) is 6.54 Å². The van der Waals surface area contributed by atoms with Gasteiger partial charge in [-0.1, -0.05) is 0 Å². The molecule has 0 radical (unpaired) electrons. The van der Waals surface area contributed by atoms with Gasteiger partial charge in [0.05, 0.1) is 19.8 Å². The van der Waals surface area contributed by atoms with Gasteiger partial charge in [0.1, 0.15) is 23.0 Å². The molecule has 2 aromatic heterocycles. The number of nitrogens with two attached hydrogens (primary N) is 1. The quantitative estimate of drug-likeness (QED) is 0.472. The Labute approximate surface area is 158 Å². The molecule has 0 atom stereocenters. The third kappa shape index (κ3) is 3.55. The summed E-state index contributed by atoms with van der Waals surface area (Å²) in [6.45, 7) is -0.0777. The fraction of sp³-hybridized carbons (Fsp3) is 0.188. The van der Waals surface area contributed by atoms with E-state index in [9.17, 15) is 4.79 Å². The van der Waals surface area contributed by atoms with E-state index < -0.39 is 0 Å². The zero-order valence-corrected chi connectivity index (χ0v) is 15.8. The van der Waals surface area contributed by atoms with Gasteiger partial charge in [0, 0.05) is 0 Å². The van der Waals surface area contributed by atoms with Gasteiger partial charge in [0.15, 0.2) is 5.78 Å². The standard InChI is InChI=1S/C16H17N5O3S2/c1-23-10-5-6-13(24-2)11(8-10)12(22)9-20-16(25)21(15(17)19-20)18-14-4-3-7-26-14/h3-8,18H,9H2,1-2H3,(H2,17,19). The van der Waals surface area contributed by atoms with E-state index in [-0.39, 0.29) is 23.0 Å². The van der Waals surface area contributed by atoms with Crippen LogP contribution in [0.4, 0.5) is 10.9 Å². The smallest absolute Gasteiger partial charge is 0.240 e. The molecule has 0 spiro atoms. The molecule has 8 nitrogen and oxygen atoms in total. The van der Waals surface area contributed by atoms with Gasteiger partial charge < -0.3 is 15.2 Å². The van der Waals surface area contributed by atoms with E-state index in [2.05, 4.69) is 10.5 Å². The van der Waals surface area contributed by atoms with Crippen molar-refractivity contribution >= 4 is 40.3 Å². The molecule has 0 bridgehead atoms. The number of ether oxygens (including phenoxy) is 2. The van der Waals surface area contributed by atoms with E-state index in [1.165, 1.54) is 34.9 Å². The first kappa shape index (κ1) is 18.0. The maximum atomic E-state index is 12.7. The van der Waals surface area contributed by atoms with Crippen LogP contribution in [0.15, 0.2) is 35.7 Å². The first-order chi connectivity index (χ1) is 12.5. The average Bonchev–Trinajstić information content (AvgIpc) is 3.25. The number of methoxy groups -OCH3 is 2. The molecule has 10 heteroatoms. The third-order valence-electron chi connectivity index (χ3n) is 3.61. The van der Waals surface area contributed by atoms with Gasteiger partial charge in [-0.25, -0.2) is 4.68 Å². The lowest BCUT2D eigenvalue weighted by atomic mass is 10.1. The molecule has 0 aliphatic rings. The number of nitrogens with one attached hydrogen (secondary N) is 1. The van der Waals surface area contributed by atoms with Crippen molar-refractivity contribution in [2.24, 2.45) is 0 Å². The van der Waals surface area contributed by atoms with E-state index in [0.717, 1.165) is 5.00 Å². The number of carbonyl (C=O) groups excluding carboxylic acids is 1. The molecule has 0 saturated heterocycles. The van der Waals surface area contributed by atoms with Gasteiger partial charge in [-0.3, -0.25) is 10.2 Å². The van der Waals surface area contributed by atoms with Crippen molar-refractivity contribution in [1.29, 1.82) is 0 Å². The monoisotopic (exact) mass is 391 g/mol. The molecule has 0 saturated carbocycles. The Kier molecular flexibility index (Phi) is 5.24. The number of Topliss-reactive ketones (excluding diaryl/α,β-unsaturated/α-hetero) is 1. The number of rotatable bonds is 7. The highest BCUT2D eigenvalue weighted by Crippen LogP contribution is 2.25. The number of nitrogen functional groups attached to an aromatic ring is 1. The van der Waals surface area contributed by atoms with E-state index in [1.807, 2.05) is 17.5 Å². The minimum absolute atomic E-state index is 0.0777. The third-order valence-corrected chi connectivity index (χ3v) is 4.78. The van der Waals surface area contributed by atoms with E-state index in [4.69, 9.17) is 27.4 Å². The maximum absolute atomic E-state index is 12.7. The minimum atomic E-state index is -0.224. The Morgan fingerprint density at radius 1 is 1.35 bits per heavy atom. The minimum Gasteiger partial charge on any atom is -0.497 e. The average molecular weight is 391 g/mol. The molecule has 0 unspecified atom stereocenters. The van der Waals surface area contributed by atoms with Crippen molar-refractivity contribution in [2.75, 3.05) is 25.4 Å². The van der Waals surface area contributed by atoms with Crippen LogP contribution in [0.5, 0.6) is 11.5 Å². The summed E-state index contributed by atoms with van der Waals surface area (Å²) in [6, 6.07) is 8.80. The van der Waals surface area contributed by atoms with Crippen LogP contribution in [0.1, 0.15) is 10.4 Å². The number of carbonyl (C=O) groups is 1. The molecule has 26 heavy (non-hydrogen) atoms. The number of aromatic nitrogens is 3. The summed E-state index contributed by atoms with van der Waals surface area (Å²) in [4.78, 5) is 12.7. The maximum Gasteiger partial charge on any atom is 0.240 e. The molecule has 3 rings (SSSR count). The topological polar surface area (TPSA) is 96.3 Å². The van der Waals surface area contributed by atoms with Crippen LogP contribution < -0.4 is 20.6 Å². The highest BCUT2D eigenvalue weighted by Gasteiger charge is 2.17. The van der Waals surface area contributed by atoms with Crippen molar-refractivity contribution in [3.05, 3.63) is 46.0 Å². The fourth-order valence-corrected chi connectivity index (χ4v) is 3.19. The lowest BCUT2D eigenvalue weighted by molar-refractivity contribution is 0.0963. The molecule has 0 aliphatic heterocycles. The van der Waals surface area contributed by atoms with Gasteiger partial charge in [0.2, 0.25) is 10.7 Å². The molecule has 3 N–H and O–H groups in total. The largest absolute Gasteiger partial charge is 0.497 e. The van der Waals surface area contributed by atoms with Crippen molar-refractivity contribution in [2.45, 2.75) is 6.54 Å². The van der Waals surface area contributed by atoms with Gasteiger partial charge in [-0.15, -0.1) is 16.4 Å². The number of anilines is 2. The lowest BCUT2D eigenvalue weighted by Crippen LogP contribution is -2.15. The number of hydrogen-bond donors (Lipinski definition) is 2. The molecule has 0 amide bonds. The van der Waals surface area contributed by atoms with Crippen molar-refractivity contribution in [3.63, 3.8) is 0 Å². The lowest BCUT2D eigenvalue weighted by Gasteiger charge is -2.09. The van der Waals surface area contributed by atoms with Crippen LogP contribution in [0.3, 0.4) is 0 Å². The summed E-state index contributed by atoms with van der Waals surface area (Å²) >= 11 is 6.88. The molecule has 0 fully saturated rings. The van der Waals surface area contributed by atoms with E-state index >= 15 is 0 Å². The number of nitrogens with zero attached hydrogens (tertiary/aromatic N) is 3. The molecule has 2 heterocycles. The number of ketones is 1. The summed E-state index contributed by atoms with van der Waals surface area (Å²) in [5.74, 6) is 0.944. The van der Waals surface area contributed by atoms with Gasteiger partial charge in [0.25, 0.3) is 0 Å². The summed E-state index contributed by atoms with van der Waals surface area (Å²) in [5.41, 5.74) is 9.37. The van der Waals surface area contributed by atoms with Crippen molar-refractivity contribution in [1.82, 2.24) is 14.5 Å². The Morgan fingerprint density at radius 3 is 2.81 bits per heavy atom. The van der Waals surface area contributed by atoms with E-state index in [0.29, 0.717) is 17.1 Å². The highest BCUT2D eigenvalue weighted by molar-refractivity contribution is 7.71. The van der Waals surface area contributed by atoms with Gasteiger partial charge in [-0.05, 0) is 47.9 Å². The summed E-state index contributed by atoms with van der Waals surface area (Å²) in [5, 5.41) is 6.93. The Balaban J connectivity index is 1.88. The SMILES string of the molecule is COc1ccc(OC)c(C(=O)Cn2nc(N)n(Nc3cccs3)c2=S)c1. The van der Waals surface area contributed by atoms with Gasteiger partial charge in [-0.2, -0.15) is 4.68 Å². The number of thiophene rings is 1. The Hall–Kier alpha value is -2.85. The molecule has 0 aliphatic carbocycles. The summed E-state index contributed by atoms with van der Waals surface area (Å²) in [6.07, 6.45) is 0. The van der Waals surface area contributed by atoms with Crippen LogP contribution in [0, 0.1) is 4.77 Å². The molecule has 1 aromatic carbocycles. The molecule has 136 valence electrons. The number of hydrogen-bond acceptors (Lipinski definition) is 8. The second-order valence-electron chi connectivity index (χ2n) is 5.21. The first-order valence-electron chi connectivity index (χ1n) is 7.54. The zero-order chi connectivity index (χ0) is 18.7. The Bertz CT molecular complexity index is 978. The van der Waals surface area contributed by atoms with Crippen LogP contribution in [0.25, 0.3) is 0 Å². The van der Waals surface area contributed by atoms with Crippen LogP contribution in [-0.4, -0.2) is 34.5 Å². The molecule has 3 aromatic rings. The van der Waals surface area contributed by atoms with Crippen molar-refractivity contribution < 1.29 is 14.3 Å². The van der Waals surface area contributed by atoms with Gasteiger partial charge >= 0.3 is 0 Å². The predicted molar refractivity (Wildman–Crippen MR) is 103 cm³/mol. The fourth-order valence-electron chi connectivity index (χ4n) is 2.34. The molecular formula is C16H17N5O3S2. The molecular weight excluding hydrogens is 374 g/mol. The summed E-state index contributed by atoms with van der Waals surface area (Å²) in [7, 11) is 3.03. The van der Waals surface area contributed by atoms with Crippen LogP contribution in [0.2, 0.25) is 0 Å². The predicted octanol–water partition coefficient (Wildman–Crippen LogP) is 2.83. The summed E-state index contributed by atoms with van der Waals surface area (Å²) < 4.78 is 13.5.